The van der Waals surface area contributed by atoms with E-state index in [1.165, 1.54) is 12.8 Å². The second-order valence-electron chi connectivity index (χ2n) is 5.56. The fraction of sp³-hybridized carbons (Fsp3) is 0.625. The first-order valence-corrected chi connectivity index (χ1v) is 7.67. The molecule has 4 N–H and O–H groups in total. The number of rotatable bonds is 5. The molecule has 1 aliphatic carbocycles. The second-order valence-corrected chi connectivity index (χ2v) is 5.56. The summed E-state index contributed by atoms with van der Waals surface area (Å²) >= 11 is 0. The molecule has 4 heteroatoms. The Labute approximate surface area is 121 Å². The topological polar surface area (TPSA) is 67.5 Å². The molecule has 2 unspecified atom stereocenters. The zero-order valence-electron chi connectivity index (χ0n) is 12.3. The fourth-order valence-corrected chi connectivity index (χ4v) is 2.63. The van der Waals surface area contributed by atoms with Crippen LogP contribution >= 0.6 is 0 Å². The van der Waals surface area contributed by atoms with E-state index < -0.39 is 0 Å². The van der Waals surface area contributed by atoms with E-state index in [-0.39, 0.29) is 12.1 Å². The third kappa shape index (κ3) is 4.04. The van der Waals surface area contributed by atoms with Crippen molar-refractivity contribution in [3.8, 4) is 5.75 Å². The largest absolute Gasteiger partial charge is 0.491 e. The number of hydrogen-bond donors (Lipinski definition) is 3. The first kappa shape index (κ1) is 15.0. The molecule has 0 aromatic heterocycles. The molecule has 20 heavy (non-hydrogen) atoms. The summed E-state index contributed by atoms with van der Waals surface area (Å²) in [5.74, 6) is 0.722. The number of anilines is 2. The Bertz CT molecular complexity index is 423. The molecule has 2 rings (SSSR count). The van der Waals surface area contributed by atoms with E-state index in [4.69, 9.17) is 10.5 Å². The molecule has 0 radical (unpaired) electrons. The van der Waals surface area contributed by atoms with Crippen LogP contribution in [0.25, 0.3) is 0 Å². The van der Waals surface area contributed by atoms with Crippen molar-refractivity contribution in [1.29, 1.82) is 0 Å². The van der Waals surface area contributed by atoms with Gasteiger partial charge < -0.3 is 20.9 Å². The number of nitrogen functional groups attached to an aromatic ring is 1. The molecule has 1 saturated carbocycles. The van der Waals surface area contributed by atoms with Crippen LogP contribution in [0.5, 0.6) is 5.75 Å². The summed E-state index contributed by atoms with van der Waals surface area (Å²) in [6, 6.07) is 5.87. The molecule has 1 aromatic rings. The zero-order valence-corrected chi connectivity index (χ0v) is 12.3. The van der Waals surface area contributed by atoms with Gasteiger partial charge in [-0.2, -0.15) is 0 Å². The van der Waals surface area contributed by atoms with Gasteiger partial charge in [-0.3, -0.25) is 0 Å². The standard InChI is InChI=1S/C16H26N2O2/c1-2-10-20-16-11-12(8-9-13(16)17)18-14-6-4-3-5-7-15(14)19/h8-9,11,14-15,18-19H,2-7,10,17H2,1H3. The molecule has 1 aliphatic rings. The fourth-order valence-electron chi connectivity index (χ4n) is 2.63. The van der Waals surface area contributed by atoms with Gasteiger partial charge >= 0.3 is 0 Å². The lowest BCUT2D eigenvalue weighted by Gasteiger charge is -2.23. The SMILES string of the molecule is CCCOc1cc(NC2CCCCCC2O)ccc1N. The number of aliphatic hydroxyl groups is 1. The van der Waals surface area contributed by atoms with Crippen LogP contribution in [0.1, 0.15) is 45.4 Å². The van der Waals surface area contributed by atoms with Crippen molar-refractivity contribution in [3.05, 3.63) is 18.2 Å². The van der Waals surface area contributed by atoms with Gasteiger partial charge in [0, 0.05) is 11.8 Å². The van der Waals surface area contributed by atoms with Crippen LogP contribution in [-0.2, 0) is 0 Å². The van der Waals surface area contributed by atoms with Crippen LogP contribution in [0, 0.1) is 0 Å². The molecule has 2 atom stereocenters. The van der Waals surface area contributed by atoms with E-state index in [1.54, 1.807) is 0 Å². The number of benzene rings is 1. The summed E-state index contributed by atoms with van der Waals surface area (Å²) in [4.78, 5) is 0. The lowest BCUT2D eigenvalue weighted by molar-refractivity contribution is 0.144. The minimum Gasteiger partial charge on any atom is -0.491 e. The van der Waals surface area contributed by atoms with Gasteiger partial charge in [0.2, 0.25) is 0 Å². The molecule has 0 bridgehead atoms. The Morgan fingerprint density at radius 2 is 2.10 bits per heavy atom. The number of aliphatic hydroxyl groups excluding tert-OH is 1. The van der Waals surface area contributed by atoms with E-state index in [0.29, 0.717) is 12.3 Å². The second kappa shape index (κ2) is 7.39. The van der Waals surface area contributed by atoms with Crippen molar-refractivity contribution in [3.63, 3.8) is 0 Å². The van der Waals surface area contributed by atoms with Crippen LogP contribution in [0.3, 0.4) is 0 Å². The highest BCUT2D eigenvalue weighted by Crippen LogP contribution is 2.28. The molecule has 4 nitrogen and oxygen atoms in total. The minimum atomic E-state index is -0.268. The molecule has 112 valence electrons. The highest BCUT2D eigenvalue weighted by atomic mass is 16.5. The van der Waals surface area contributed by atoms with Crippen molar-refractivity contribution in [2.24, 2.45) is 0 Å². The summed E-state index contributed by atoms with van der Waals surface area (Å²) in [5, 5.41) is 13.6. The van der Waals surface area contributed by atoms with E-state index >= 15 is 0 Å². The predicted octanol–water partition coefficient (Wildman–Crippen LogP) is 3.16. The molecule has 0 amide bonds. The average molecular weight is 278 g/mol. The molecule has 0 spiro atoms. The average Bonchev–Trinajstić information content (AvgIpc) is 2.65. The smallest absolute Gasteiger partial charge is 0.144 e. The van der Waals surface area contributed by atoms with Crippen LogP contribution in [0.4, 0.5) is 11.4 Å². The number of ether oxygens (including phenoxy) is 1. The highest BCUT2D eigenvalue weighted by Gasteiger charge is 2.21. The molecule has 1 fully saturated rings. The summed E-state index contributed by atoms with van der Waals surface area (Å²) in [6.45, 7) is 2.74. The quantitative estimate of drug-likeness (QED) is 0.571. The van der Waals surface area contributed by atoms with E-state index in [1.807, 2.05) is 18.2 Å². The van der Waals surface area contributed by atoms with Crippen LogP contribution in [-0.4, -0.2) is 23.9 Å². The third-order valence-electron chi connectivity index (χ3n) is 3.81. The van der Waals surface area contributed by atoms with Gasteiger partial charge in [0.05, 0.1) is 24.4 Å². The van der Waals surface area contributed by atoms with Crippen molar-refractivity contribution >= 4 is 11.4 Å². The summed E-state index contributed by atoms with van der Waals surface area (Å²) in [5.41, 5.74) is 7.54. The van der Waals surface area contributed by atoms with Gasteiger partial charge in [-0.25, -0.2) is 0 Å². The van der Waals surface area contributed by atoms with Crippen molar-refractivity contribution in [2.45, 2.75) is 57.6 Å². The Balaban J connectivity index is 2.04. The third-order valence-corrected chi connectivity index (χ3v) is 3.81. The molecular formula is C16H26N2O2. The highest BCUT2D eigenvalue weighted by molar-refractivity contribution is 5.61. The van der Waals surface area contributed by atoms with Crippen LogP contribution in [0.15, 0.2) is 18.2 Å². The van der Waals surface area contributed by atoms with Gasteiger partial charge in [-0.15, -0.1) is 0 Å². The van der Waals surface area contributed by atoms with Crippen LogP contribution in [0.2, 0.25) is 0 Å². The molecule has 0 saturated heterocycles. The Morgan fingerprint density at radius 3 is 2.90 bits per heavy atom. The maximum Gasteiger partial charge on any atom is 0.144 e. The lowest BCUT2D eigenvalue weighted by Crippen LogP contribution is -2.32. The first-order valence-electron chi connectivity index (χ1n) is 7.67. The maximum absolute atomic E-state index is 10.2. The van der Waals surface area contributed by atoms with E-state index in [2.05, 4.69) is 12.2 Å². The first-order chi connectivity index (χ1) is 9.70. The van der Waals surface area contributed by atoms with Crippen molar-refractivity contribution in [2.75, 3.05) is 17.7 Å². The maximum atomic E-state index is 10.2. The van der Waals surface area contributed by atoms with Gasteiger partial charge in [0.25, 0.3) is 0 Å². The van der Waals surface area contributed by atoms with Crippen LogP contribution < -0.4 is 15.8 Å². The van der Waals surface area contributed by atoms with Gasteiger partial charge in [-0.05, 0) is 31.4 Å². The van der Waals surface area contributed by atoms with E-state index in [9.17, 15) is 5.11 Å². The molecule has 0 heterocycles. The van der Waals surface area contributed by atoms with Crippen molar-refractivity contribution in [1.82, 2.24) is 0 Å². The van der Waals surface area contributed by atoms with Crippen molar-refractivity contribution < 1.29 is 9.84 Å². The van der Waals surface area contributed by atoms with Gasteiger partial charge in [0.1, 0.15) is 5.75 Å². The molecule has 1 aromatic carbocycles. The molecule has 0 aliphatic heterocycles. The Morgan fingerprint density at radius 1 is 1.30 bits per heavy atom. The normalized spacial score (nSPS) is 23.1. The number of hydrogen-bond acceptors (Lipinski definition) is 4. The number of nitrogens with two attached hydrogens (primary N) is 1. The zero-order chi connectivity index (χ0) is 14.4. The summed E-state index contributed by atoms with van der Waals surface area (Å²) in [6.07, 6.45) is 6.08. The Kier molecular flexibility index (Phi) is 5.53. The monoisotopic (exact) mass is 278 g/mol. The number of nitrogens with one attached hydrogen (secondary N) is 1. The van der Waals surface area contributed by atoms with Gasteiger partial charge in [-0.1, -0.05) is 26.2 Å². The summed E-state index contributed by atoms with van der Waals surface area (Å²) < 4.78 is 5.64. The minimum absolute atomic E-state index is 0.125. The lowest BCUT2D eigenvalue weighted by atomic mass is 10.1. The van der Waals surface area contributed by atoms with Gasteiger partial charge in [0.15, 0.2) is 0 Å². The molecular weight excluding hydrogens is 252 g/mol. The Hall–Kier alpha value is -1.42. The van der Waals surface area contributed by atoms with E-state index in [0.717, 1.165) is 37.1 Å². The summed E-state index contributed by atoms with van der Waals surface area (Å²) in [7, 11) is 0. The predicted molar refractivity (Wildman–Crippen MR) is 83.1 cm³/mol.